The molecule has 0 aliphatic carbocycles. The third-order valence-electron chi connectivity index (χ3n) is 2.05. The summed E-state index contributed by atoms with van der Waals surface area (Å²) < 4.78 is 36.9. The summed E-state index contributed by atoms with van der Waals surface area (Å²) in [6.45, 7) is -1.09. The SMILES string of the molecule is CN(CC(F)(F)F)c1cc(Cl)ccc1C(N)=S. The first-order valence-electron chi connectivity index (χ1n) is 4.58. The van der Waals surface area contributed by atoms with Crippen LogP contribution in [0, 0.1) is 0 Å². The Morgan fingerprint density at radius 1 is 1.47 bits per heavy atom. The van der Waals surface area contributed by atoms with E-state index in [2.05, 4.69) is 0 Å². The Morgan fingerprint density at radius 3 is 2.53 bits per heavy atom. The maximum atomic E-state index is 12.3. The normalized spacial score (nSPS) is 11.4. The third kappa shape index (κ3) is 4.05. The van der Waals surface area contributed by atoms with Gasteiger partial charge in [-0.15, -0.1) is 0 Å². The Bertz CT molecular complexity index is 434. The molecule has 0 bridgehead atoms. The zero-order chi connectivity index (χ0) is 13.2. The minimum Gasteiger partial charge on any atom is -0.389 e. The lowest BCUT2D eigenvalue weighted by Gasteiger charge is -2.23. The van der Waals surface area contributed by atoms with Crippen LogP contribution in [0.3, 0.4) is 0 Å². The van der Waals surface area contributed by atoms with Gasteiger partial charge in [-0.25, -0.2) is 0 Å². The number of rotatable bonds is 3. The van der Waals surface area contributed by atoms with E-state index in [-0.39, 0.29) is 10.7 Å². The van der Waals surface area contributed by atoms with Gasteiger partial charge in [0.1, 0.15) is 11.5 Å². The van der Waals surface area contributed by atoms with E-state index < -0.39 is 12.7 Å². The molecule has 0 aromatic heterocycles. The summed E-state index contributed by atoms with van der Waals surface area (Å²) >= 11 is 10.5. The van der Waals surface area contributed by atoms with Crippen LogP contribution in [-0.4, -0.2) is 24.8 Å². The van der Waals surface area contributed by atoms with E-state index >= 15 is 0 Å². The van der Waals surface area contributed by atoms with Crippen LogP contribution in [0.4, 0.5) is 18.9 Å². The topological polar surface area (TPSA) is 29.3 Å². The van der Waals surface area contributed by atoms with E-state index in [9.17, 15) is 13.2 Å². The molecule has 1 aromatic carbocycles. The molecule has 0 radical (unpaired) electrons. The standard InChI is InChI=1S/C10H10ClF3N2S/c1-16(5-10(12,13)14)8-4-6(11)2-3-7(8)9(15)17/h2-4H,5H2,1H3,(H2,15,17). The molecule has 17 heavy (non-hydrogen) atoms. The number of hydrogen-bond acceptors (Lipinski definition) is 2. The van der Waals surface area contributed by atoms with Crippen molar-refractivity contribution in [1.29, 1.82) is 0 Å². The van der Waals surface area contributed by atoms with Gasteiger partial charge in [0.05, 0.1) is 0 Å². The molecule has 0 saturated carbocycles. The van der Waals surface area contributed by atoms with Crippen LogP contribution in [0.1, 0.15) is 5.56 Å². The molecule has 94 valence electrons. The molecule has 0 heterocycles. The minimum atomic E-state index is -4.30. The summed E-state index contributed by atoms with van der Waals surface area (Å²) in [7, 11) is 1.31. The first-order valence-corrected chi connectivity index (χ1v) is 5.36. The van der Waals surface area contributed by atoms with Crippen LogP contribution >= 0.6 is 23.8 Å². The van der Waals surface area contributed by atoms with Crippen LogP contribution in [0.15, 0.2) is 18.2 Å². The summed E-state index contributed by atoms with van der Waals surface area (Å²) in [6, 6.07) is 4.44. The summed E-state index contributed by atoms with van der Waals surface area (Å²) in [5.41, 5.74) is 6.08. The van der Waals surface area contributed by atoms with E-state index in [1.807, 2.05) is 0 Å². The van der Waals surface area contributed by atoms with Crippen molar-refractivity contribution < 1.29 is 13.2 Å². The molecule has 0 aliphatic heterocycles. The highest BCUT2D eigenvalue weighted by Gasteiger charge is 2.30. The fourth-order valence-corrected chi connectivity index (χ4v) is 1.72. The van der Waals surface area contributed by atoms with Crippen molar-refractivity contribution in [2.24, 2.45) is 5.73 Å². The summed E-state index contributed by atoms with van der Waals surface area (Å²) in [4.78, 5) is 1.05. The van der Waals surface area contributed by atoms with Gasteiger partial charge < -0.3 is 10.6 Å². The molecule has 0 spiro atoms. The highest BCUT2D eigenvalue weighted by Crippen LogP contribution is 2.27. The van der Waals surface area contributed by atoms with Crippen molar-refractivity contribution in [3.63, 3.8) is 0 Å². The molecule has 0 amide bonds. The molecular weight excluding hydrogens is 273 g/mol. The molecule has 7 heteroatoms. The molecule has 1 rings (SSSR count). The van der Waals surface area contributed by atoms with E-state index in [1.165, 1.54) is 25.2 Å². The lowest BCUT2D eigenvalue weighted by molar-refractivity contribution is -0.119. The Balaban J connectivity index is 3.10. The average Bonchev–Trinajstić information content (AvgIpc) is 2.14. The van der Waals surface area contributed by atoms with Gasteiger partial charge in [0.15, 0.2) is 0 Å². The van der Waals surface area contributed by atoms with E-state index in [0.717, 1.165) is 4.90 Å². The van der Waals surface area contributed by atoms with E-state index in [4.69, 9.17) is 29.6 Å². The third-order valence-corrected chi connectivity index (χ3v) is 2.51. The predicted octanol–water partition coefficient (Wildman–Crippen LogP) is 2.97. The number of halogens is 4. The van der Waals surface area contributed by atoms with Crippen molar-refractivity contribution in [3.8, 4) is 0 Å². The Kier molecular flexibility index (Phi) is 4.21. The second-order valence-electron chi connectivity index (χ2n) is 3.50. The van der Waals surface area contributed by atoms with Crippen molar-refractivity contribution in [2.45, 2.75) is 6.18 Å². The van der Waals surface area contributed by atoms with Gasteiger partial charge in [-0.3, -0.25) is 0 Å². The Morgan fingerprint density at radius 2 is 2.06 bits per heavy atom. The maximum absolute atomic E-state index is 12.3. The summed E-state index contributed by atoms with van der Waals surface area (Å²) in [6.07, 6.45) is -4.30. The largest absolute Gasteiger partial charge is 0.405 e. The van der Waals surface area contributed by atoms with Gasteiger partial charge in [0.2, 0.25) is 0 Å². The lowest BCUT2D eigenvalue weighted by Crippen LogP contribution is -2.32. The molecular formula is C10H10ClF3N2S. The van der Waals surface area contributed by atoms with Crippen molar-refractivity contribution in [3.05, 3.63) is 28.8 Å². The average molecular weight is 283 g/mol. The summed E-state index contributed by atoms with van der Waals surface area (Å²) in [5, 5.41) is 0.328. The molecule has 1 aromatic rings. The van der Waals surface area contributed by atoms with Crippen LogP contribution < -0.4 is 10.6 Å². The second-order valence-corrected chi connectivity index (χ2v) is 4.37. The molecule has 0 atom stereocenters. The van der Waals surface area contributed by atoms with E-state index in [1.54, 1.807) is 0 Å². The zero-order valence-electron chi connectivity index (χ0n) is 8.88. The number of nitrogens with zero attached hydrogens (tertiary/aromatic N) is 1. The minimum absolute atomic E-state index is 0.0330. The number of thiocarbonyl (C=S) groups is 1. The molecule has 0 aliphatic rings. The number of alkyl halides is 3. The Hall–Kier alpha value is -1.01. The molecule has 0 saturated heterocycles. The van der Waals surface area contributed by atoms with Gasteiger partial charge >= 0.3 is 6.18 Å². The van der Waals surface area contributed by atoms with Gasteiger partial charge in [-0.1, -0.05) is 23.8 Å². The zero-order valence-corrected chi connectivity index (χ0v) is 10.5. The van der Waals surface area contributed by atoms with Gasteiger partial charge in [0.25, 0.3) is 0 Å². The lowest BCUT2D eigenvalue weighted by atomic mass is 10.1. The van der Waals surface area contributed by atoms with E-state index in [0.29, 0.717) is 10.6 Å². The first kappa shape index (κ1) is 14.1. The molecule has 0 unspecified atom stereocenters. The van der Waals surface area contributed by atoms with Gasteiger partial charge in [-0.2, -0.15) is 13.2 Å². The quantitative estimate of drug-likeness (QED) is 0.864. The predicted molar refractivity (Wildman–Crippen MR) is 66.7 cm³/mol. The fourth-order valence-electron chi connectivity index (χ4n) is 1.38. The van der Waals surface area contributed by atoms with Crippen molar-refractivity contribution in [2.75, 3.05) is 18.5 Å². The van der Waals surface area contributed by atoms with Crippen LogP contribution in [0.25, 0.3) is 0 Å². The molecule has 2 N–H and O–H groups in total. The number of benzene rings is 1. The second kappa shape index (κ2) is 5.10. The smallest absolute Gasteiger partial charge is 0.389 e. The highest BCUT2D eigenvalue weighted by atomic mass is 35.5. The van der Waals surface area contributed by atoms with Crippen LogP contribution in [0.5, 0.6) is 0 Å². The fraction of sp³-hybridized carbons (Fsp3) is 0.300. The van der Waals surface area contributed by atoms with Crippen LogP contribution in [0.2, 0.25) is 5.02 Å². The number of hydrogen-bond donors (Lipinski definition) is 1. The van der Waals surface area contributed by atoms with Gasteiger partial charge in [0, 0.05) is 23.3 Å². The number of nitrogens with two attached hydrogens (primary N) is 1. The number of anilines is 1. The molecule has 2 nitrogen and oxygen atoms in total. The maximum Gasteiger partial charge on any atom is 0.405 e. The highest BCUT2D eigenvalue weighted by molar-refractivity contribution is 7.80. The summed E-state index contributed by atoms with van der Waals surface area (Å²) in [5.74, 6) is 0. The van der Waals surface area contributed by atoms with Gasteiger partial charge in [-0.05, 0) is 18.2 Å². The van der Waals surface area contributed by atoms with Crippen LogP contribution in [-0.2, 0) is 0 Å². The Labute approximate surface area is 107 Å². The van der Waals surface area contributed by atoms with Crippen molar-refractivity contribution >= 4 is 34.5 Å². The first-order chi connectivity index (χ1) is 7.70. The van der Waals surface area contributed by atoms with Crippen molar-refractivity contribution in [1.82, 2.24) is 0 Å². The monoisotopic (exact) mass is 282 g/mol. The molecule has 0 fully saturated rings.